The van der Waals surface area contributed by atoms with Gasteiger partial charge in [0, 0.05) is 26.2 Å². The zero-order valence-electron chi connectivity index (χ0n) is 13.3. The molecule has 1 fully saturated rings. The number of rotatable bonds is 8. The molecule has 0 radical (unpaired) electrons. The first-order valence-electron chi connectivity index (χ1n) is 7.85. The number of amides is 1. The molecule has 1 atom stereocenters. The van der Waals surface area contributed by atoms with E-state index < -0.39 is 5.97 Å². The maximum Gasteiger partial charge on any atom is 0.335 e. The van der Waals surface area contributed by atoms with Crippen molar-refractivity contribution in [3.05, 3.63) is 29.3 Å². The number of hydrogen-bond donors (Lipinski definition) is 2. The summed E-state index contributed by atoms with van der Waals surface area (Å²) in [5, 5.41) is 11.9. The van der Waals surface area contributed by atoms with Gasteiger partial charge in [-0.1, -0.05) is 6.07 Å². The van der Waals surface area contributed by atoms with Gasteiger partial charge in [-0.25, -0.2) is 4.79 Å². The van der Waals surface area contributed by atoms with Gasteiger partial charge in [0.15, 0.2) is 0 Å². The number of carboxylic acid groups (broad SMARTS) is 1. The Morgan fingerprint density at radius 1 is 1.43 bits per heavy atom. The average molecular weight is 321 g/mol. The molecule has 6 nitrogen and oxygen atoms in total. The van der Waals surface area contributed by atoms with Crippen molar-refractivity contribution >= 4 is 11.9 Å². The van der Waals surface area contributed by atoms with Crippen LogP contribution in [-0.2, 0) is 16.0 Å². The van der Waals surface area contributed by atoms with Gasteiger partial charge in [0.05, 0.1) is 12.7 Å². The summed E-state index contributed by atoms with van der Waals surface area (Å²) in [5.41, 5.74) is 1.07. The molecule has 1 saturated heterocycles. The number of hydrogen-bond acceptors (Lipinski definition) is 4. The third kappa shape index (κ3) is 5.25. The van der Waals surface area contributed by atoms with E-state index in [1.807, 2.05) is 0 Å². The fourth-order valence-electron chi connectivity index (χ4n) is 2.66. The first-order valence-corrected chi connectivity index (χ1v) is 7.85. The van der Waals surface area contributed by atoms with Gasteiger partial charge >= 0.3 is 5.97 Å². The first-order chi connectivity index (χ1) is 11.1. The van der Waals surface area contributed by atoms with Gasteiger partial charge in [0.2, 0.25) is 5.91 Å². The molecule has 1 heterocycles. The number of carbonyl (C=O) groups is 2. The minimum absolute atomic E-state index is 0.0398. The molecule has 0 aliphatic carbocycles. The average Bonchev–Trinajstić information content (AvgIpc) is 3.06. The maximum absolute atomic E-state index is 11.8. The highest BCUT2D eigenvalue weighted by atomic mass is 16.5. The van der Waals surface area contributed by atoms with Crippen molar-refractivity contribution in [2.24, 2.45) is 5.92 Å². The quantitative estimate of drug-likeness (QED) is 0.763. The van der Waals surface area contributed by atoms with Crippen LogP contribution in [0.4, 0.5) is 0 Å². The molecule has 0 aromatic heterocycles. The largest absolute Gasteiger partial charge is 0.496 e. The fraction of sp³-hybridized carbons (Fsp3) is 0.529. The van der Waals surface area contributed by atoms with E-state index in [-0.39, 0.29) is 11.5 Å². The molecule has 23 heavy (non-hydrogen) atoms. The highest BCUT2D eigenvalue weighted by molar-refractivity contribution is 5.88. The Bertz CT molecular complexity index is 552. The van der Waals surface area contributed by atoms with Gasteiger partial charge in [0.1, 0.15) is 5.75 Å². The van der Waals surface area contributed by atoms with Crippen LogP contribution in [0.25, 0.3) is 0 Å². The molecule has 0 spiro atoms. The highest BCUT2D eigenvalue weighted by Crippen LogP contribution is 2.21. The van der Waals surface area contributed by atoms with E-state index in [0.29, 0.717) is 31.1 Å². The lowest BCUT2D eigenvalue weighted by atomic mass is 10.0. The highest BCUT2D eigenvalue weighted by Gasteiger charge is 2.16. The van der Waals surface area contributed by atoms with Crippen LogP contribution < -0.4 is 10.1 Å². The van der Waals surface area contributed by atoms with Crippen molar-refractivity contribution in [2.75, 3.05) is 26.9 Å². The zero-order chi connectivity index (χ0) is 16.7. The first kappa shape index (κ1) is 17.3. The van der Waals surface area contributed by atoms with E-state index in [2.05, 4.69) is 5.32 Å². The monoisotopic (exact) mass is 321 g/mol. The third-order valence-electron chi connectivity index (χ3n) is 4.05. The second kappa shape index (κ2) is 8.53. The molecule has 0 saturated carbocycles. The summed E-state index contributed by atoms with van der Waals surface area (Å²) in [5.74, 6) is 0.0868. The normalized spacial score (nSPS) is 17.0. The summed E-state index contributed by atoms with van der Waals surface area (Å²) in [7, 11) is 1.51. The number of ether oxygens (including phenoxy) is 2. The SMILES string of the molecule is COc1cc(C(=O)O)ccc1CCNC(=O)CCC1CCOC1. The summed E-state index contributed by atoms with van der Waals surface area (Å²) >= 11 is 0. The number of carbonyl (C=O) groups excluding carboxylic acids is 1. The van der Waals surface area contributed by atoms with Crippen LogP contribution in [0.2, 0.25) is 0 Å². The van der Waals surface area contributed by atoms with Gasteiger partial charge in [-0.15, -0.1) is 0 Å². The summed E-state index contributed by atoms with van der Waals surface area (Å²) in [6.45, 7) is 2.07. The third-order valence-corrected chi connectivity index (χ3v) is 4.05. The predicted molar refractivity (Wildman–Crippen MR) is 84.8 cm³/mol. The van der Waals surface area contributed by atoms with Crippen LogP contribution in [0.1, 0.15) is 35.2 Å². The summed E-state index contributed by atoms with van der Waals surface area (Å²) < 4.78 is 10.5. The summed E-state index contributed by atoms with van der Waals surface area (Å²) in [4.78, 5) is 22.8. The number of methoxy groups -OCH3 is 1. The van der Waals surface area contributed by atoms with E-state index >= 15 is 0 Å². The lowest BCUT2D eigenvalue weighted by molar-refractivity contribution is -0.121. The number of aromatic carboxylic acids is 1. The van der Waals surface area contributed by atoms with Crippen molar-refractivity contribution in [3.63, 3.8) is 0 Å². The Kier molecular flexibility index (Phi) is 6.40. The van der Waals surface area contributed by atoms with E-state index in [4.69, 9.17) is 14.6 Å². The summed E-state index contributed by atoms with van der Waals surface area (Å²) in [6, 6.07) is 4.77. The van der Waals surface area contributed by atoms with Crippen LogP contribution in [-0.4, -0.2) is 43.9 Å². The minimum Gasteiger partial charge on any atom is -0.496 e. The molecule has 1 aliphatic heterocycles. The molecule has 1 amide bonds. The van der Waals surface area contributed by atoms with Gasteiger partial charge in [0.25, 0.3) is 0 Å². The lowest BCUT2D eigenvalue weighted by Crippen LogP contribution is -2.26. The van der Waals surface area contributed by atoms with Crippen molar-refractivity contribution < 1.29 is 24.2 Å². The predicted octanol–water partition coefficient (Wildman–Crippen LogP) is 1.87. The number of benzene rings is 1. The Labute approximate surface area is 135 Å². The molecule has 0 bridgehead atoms. The maximum atomic E-state index is 11.8. The van der Waals surface area contributed by atoms with Gasteiger partial charge < -0.3 is 19.9 Å². The van der Waals surface area contributed by atoms with Crippen LogP contribution in [0, 0.1) is 5.92 Å². The van der Waals surface area contributed by atoms with Crippen LogP contribution in [0.5, 0.6) is 5.75 Å². The van der Waals surface area contributed by atoms with Crippen molar-refractivity contribution in [3.8, 4) is 5.75 Å². The van der Waals surface area contributed by atoms with Crippen molar-refractivity contribution in [1.82, 2.24) is 5.32 Å². The number of carboxylic acids is 1. The topological polar surface area (TPSA) is 84.9 Å². The molecule has 2 rings (SSSR count). The van der Waals surface area contributed by atoms with E-state index in [1.54, 1.807) is 12.1 Å². The Balaban J connectivity index is 1.76. The lowest BCUT2D eigenvalue weighted by Gasteiger charge is -2.11. The van der Waals surface area contributed by atoms with Crippen molar-refractivity contribution in [2.45, 2.75) is 25.7 Å². The Hall–Kier alpha value is -2.08. The molecule has 126 valence electrons. The standard InChI is InChI=1S/C17H23NO5/c1-22-15-10-14(17(20)21)4-3-13(15)6-8-18-16(19)5-2-12-7-9-23-11-12/h3-4,10,12H,2,5-9,11H2,1H3,(H,18,19)(H,20,21). The fourth-order valence-corrected chi connectivity index (χ4v) is 2.66. The Morgan fingerprint density at radius 2 is 2.26 bits per heavy atom. The number of nitrogens with one attached hydrogen (secondary N) is 1. The van der Waals surface area contributed by atoms with Gasteiger partial charge in [-0.05, 0) is 42.9 Å². The zero-order valence-corrected chi connectivity index (χ0v) is 13.3. The molecular formula is C17H23NO5. The molecule has 1 aromatic rings. The molecule has 1 unspecified atom stereocenters. The molecule has 1 aliphatic rings. The smallest absolute Gasteiger partial charge is 0.335 e. The van der Waals surface area contributed by atoms with E-state index in [0.717, 1.165) is 31.6 Å². The second-order valence-corrected chi connectivity index (χ2v) is 5.70. The molecule has 6 heteroatoms. The van der Waals surface area contributed by atoms with E-state index in [1.165, 1.54) is 13.2 Å². The van der Waals surface area contributed by atoms with Crippen LogP contribution >= 0.6 is 0 Å². The Morgan fingerprint density at radius 3 is 2.91 bits per heavy atom. The van der Waals surface area contributed by atoms with Crippen LogP contribution in [0.15, 0.2) is 18.2 Å². The molecular weight excluding hydrogens is 298 g/mol. The second-order valence-electron chi connectivity index (χ2n) is 5.70. The van der Waals surface area contributed by atoms with Gasteiger partial charge in [-0.2, -0.15) is 0 Å². The van der Waals surface area contributed by atoms with Gasteiger partial charge in [-0.3, -0.25) is 4.79 Å². The molecule has 1 aromatic carbocycles. The van der Waals surface area contributed by atoms with Crippen molar-refractivity contribution in [1.29, 1.82) is 0 Å². The van der Waals surface area contributed by atoms with Crippen LogP contribution in [0.3, 0.4) is 0 Å². The molecule has 2 N–H and O–H groups in total. The minimum atomic E-state index is -0.987. The summed E-state index contributed by atoms with van der Waals surface area (Å²) in [6.07, 6.45) is 3.02. The van der Waals surface area contributed by atoms with E-state index in [9.17, 15) is 9.59 Å².